The molecular weight excluding hydrogens is 482 g/mol. The van der Waals surface area contributed by atoms with Gasteiger partial charge in [-0.15, -0.1) is 0 Å². The lowest BCUT2D eigenvalue weighted by molar-refractivity contribution is -0.138. The van der Waals surface area contributed by atoms with Crippen molar-refractivity contribution in [2.24, 2.45) is 0 Å². The standard InChI is InChI=1S/C27H22ClN3O5/c1-2-36-27(35)20-13-6-7-14-21(20)30-24(32)18-11-8-12-19(15-18)29-23-22(28)25(33)31(26(23)34)16-17-9-4-3-5-10-17/h3-15,29H,2,16H2,1H3,(H,30,32). The van der Waals surface area contributed by atoms with E-state index in [1.54, 1.807) is 49.4 Å². The molecule has 36 heavy (non-hydrogen) atoms. The van der Waals surface area contributed by atoms with Crippen LogP contribution in [0.3, 0.4) is 0 Å². The van der Waals surface area contributed by atoms with Crippen LogP contribution in [0.1, 0.15) is 33.2 Å². The lowest BCUT2D eigenvalue weighted by atomic mass is 10.1. The van der Waals surface area contributed by atoms with Gasteiger partial charge in [-0.2, -0.15) is 0 Å². The van der Waals surface area contributed by atoms with Crippen molar-refractivity contribution < 1.29 is 23.9 Å². The van der Waals surface area contributed by atoms with Gasteiger partial charge in [0.25, 0.3) is 17.7 Å². The Kier molecular flexibility index (Phi) is 7.46. The maximum atomic E-state index is 12.9. The molecule has 0 spiro atoms. The molecule has 0 saturated carbocycles. The van der Waals surface area contributed by atoms with Gasteiger partial charge in [-0.25, -0.2) is 4.79 Å². The molecule has 0 radical (unpaired) electrons. The van der Waals surface area contributed by atoms with E-state index in [1.807, 2.05) is 30.3 Å². The Morgan fingerprint density at radius 2 is 1.64 bits per heavy atom. The van der Waals surface area contributed by atoms with Gasteiger partial charge in [0.15, 0.2) is 0 Å². The molecule has 1 aliphatic rings. The first kappa shape index (κ1) is 24.7. The number of rotatable bonds is 8. The number of ether oxygens (including phenoxy) is 1. The minimum atomic E-state index is -0.600. The molecule has 2 N–H and O–H groups in total. The van der Waals surface area contributed by atoms with Crippen molar-refractivity contribution in [2.45, 2.75) is 13.5 Å². The summed E-state index contributed by atoms with van der Waals surface area (Å²) in [7, 11) is 0. The number of halogens is 1. The van der Waals surface area contributed by atoms with Crippen molar-refractivity contribution in [1.82, 2.24) is 4.90 Å². The maximum absolute atomic E-state index is 12.9. The number of hydrogen-bond acceptors (Lipinski definition) is 6. The Labute approximate surface area is 212 Å². The summed E-state index contributed by atoms with van der Waals surface area (Å²) in [6.45, 7) is 1.99. The summed E-state index contributed by atoms with van der Waals surface area (Å²) in [4.78, 5) is 51.7. The zero-order valence-electron chi connectivity index (χ0n) is 19.3. The number of benzene rings is 3. The molecule has 8 nitrogen and oxygen atoms in total. The normalized spacial score (nSPS) is 13.1. The number of nitrogens with zero attached hydrogens (tertiary/aromatic N) is 1. The quantitative estimate of drug-likeness (QED) is 0.345. The van der Waals surface area contributed by atoms with Crippen molar-refractivity contribution in [2.75, 3.05) is 17.2 Å². The number of carbonyl (C=O) groups excluding carboxylic acids is 4. The number of para-hydroxylation sites is 1. The van der Waals surface area contributed by atoms with Gasteiger partial charge in [0.1, 0.15) is 10.7 Å². The molecule has 1 aliphatic heterocycles. The van der Waals surface area contributed by atoms with Gasteiger partial charge in [-0.1, -0.05) is 60.1 Å². The van der Waals surface area contributed by atoms with Crippen LogP contribution < -0.4 is 10.6 Å². The number of anilines is 2. The summed E-state index contributed by atoms with van der Waals surface area (Å²) in [5, 5.41) is 5.36. The molecule has 0 fully saturated rings. The van der Waals surface area contributed by atoms with Crippen molar-refractivity contribution in [3.63, 3.8) is 0 Å². The van der Waals surface area contributed by atoms with Crippen LogP contribution >= 0.6 is 11.6 Å². The van der Waals surface area contributed by atoms with Crippen LogP contribution in [-0.2, 0) is 20.9 Å². The molecule has 4 rings (SSSR count). The second kappa shape index (κ2) is 10.9. The highest BCUT2D eigenvalue weighted by Gasteiger charge is 2.37. The smallest absolute Gasteiger partial charge is 0.340 e. The van der Waals surface area contributed by atoms with Gasteiger partial charge in [-0.05, 0) is 42.8 Å². The molecule has 0 atom stereocenters. The first-order valence-corrected chi connectivity index (χ1v) is 11.5. The molecule has 1 heterocycles. The molecule has 3 aromatic carbocycles. The van der Waals surface area contributed by atoms with Crippen LogP contribution in [0.15, 0.2) is 89.6 Å². The van der Waals surface area contributed by atoms with E-state index in [0.717, 1.165) is 10.5 Å². The number of carbonyl (C=O) groups is 4. The molecule has 0 aromatic heterocycles. The highest BCUT2D eigenvalue weighted by molar-refractivity contribution is 6.48. The van der Waals surface area contributed by atoms with Crippen LogP contribution in [0.5, 0.6) is 0 Å². The molecular formula is C27H22ClN3O5. The minimum absolute atomic E-state index is 0.0668. The Morgan fingerprint density at radius 1 is 0.917 bits per heavy atom. The number of nitrogens with one attached hydrogen (secondary N) is 2. The van der Waals surface area contributed by atoms with E-state index in [-0.39, 0.29) is 35.0 Å². The van der Waals surface area contributed by atoms with Gasteiger partial charge in [-0.3, -0.25) is 19.3 Å². The summed E-state index contributed by atoms with van der Waals surface area (Å²) in [6, 6.07) is 21.9. The lowest BCUT2D eigenvalue weighted by Crippen LogP contribution is -2.31. The van der Waals surface area contributed by atoms with E-state index in [2.05, 4.69) is 10.6 Å². The summed E-state index contributed by atoms with van der Waals surface area (Å²) in [6.07, 6.45) is 0. The van der Waals surface area contributed by atoms with Crippen LogP contribution in [0.4, 0.5) is 11.4 Å². The van der Waals surface area contributed by atoms with Crippen molar-refractivity contribution in [1.29, 1.82) is 0 Å². The molecule has 3 amide bonds. The van der Waals surface area contributed by atoms with E-state index >= 15 is 0 Å². The average Bonchev–Trinajstić information content (AvgIpc) is 3.08. The van der Waals surface area contributed by atoms with Crippen LogP contribution in [0.25, 0.3) is 0 Å². The summed E-state index contributed by atoms with van der Waals surface area (Å²) >= 11 is 6.20. The van der Waals surface area contributed by atoms with Crippen molar-refractivity contribution in [3.8, 4) is 0 Å². The Bertz CT molecular complexity index is 1370. The zero-order chi connectivity index (χ0) is 25.7. The Balaban J connectivity index is 1.50. The summed E-state index contributed by atoms with van der Waals surface area (Å²) < 4.78 is 5.04. The van der Waals surface area contributed by atoms with Crippen molar-refractivity contribution in [3.05, 3.63) is 106 Å². The summed E-state index contributed by atoms with van der Waals surface area (Å²) in [5.74, 6) is -2.19. The fourth-order valence-electron chi connectivity index (χ4n) is 3.62. The first-order chi connectivity index (χ1) is 17.4. The highest BCUT2D eigenvalue weighted by atomic mass is 35.5. The maximum Gasteiger partial charge on any atom is 0.340 e. The molecule has 0 unspecified atom stereocenters. The lowest BCUT2D eigenvalue weighted by Gasteiger charge is -2.15. The predicted octanol–water partition coefficient (Wildman–Crippen LogP) is 4.55. The van der Waals surface area contributed by atoms with Gasteiger partial charge in [0.2, 0.25) is 0 Å². The summed E-state index contributed by atoms with van der Waals surface area (Å²) in [5.41, 5.74) is 1.89. The molecule has 0 aliphatic carbocycles. The third kappa shape index (κ3) is 5.29. The van der Waals surface area contributed by atoms with Gasteiger partial charge < -0.3 is 15.4 Å². The van der Waals surface area contributed by atoms with Gasteiger partial charge in [0, 0.05) is 11.3 Å². The molecule has 182 valence electrons. The SMILES string of the molecule is CCOC(=O)c1ccccc1NC(=O)c1cccc(NC2=C(Cl)C(=O)N(Cc3ccccc3)C2=O)c1. The second-order valence-electron chi connectivity index (χ2n) is 7.80. The van der Waals surface area contributed by atoms with Gasteiger partial charge >= 0.3 is 5.97 Å². The number of amides is 3. The fourth-order valence-corrected chi connectivity index (χ4v) is 3.85. The highest BCUT2D eigenvalue weighted by Crippen LogP contribution is 2.27. The van der Waals surface area contributed by atoms with Crippen LogP contribution in [0, 0.1) is 0 Å². The Hall–Kier alpha value is -4.43. The first-order valence-electron chi connectivity index (χ1n) is 11.1. The van der Waals surface area contributed by atoms with E-state index in [0.29, 0.717) is 11.4 Å². The third-order valence-corrected chi connectivity index (χ3v) is 5.71. The molecule has 0 bridgehead atoms. The van der Waals surface area contributed by atoms with E-state index in [9.17, 15) is 19.2 Å². The van der Waals surface area contributed by atoms with E-state index < -0.39 is 23.7 Å². The fraction of sp³-hybridized carbons (Fsp3) is 0.111. The van der Waals surface area contributed by atoms with Crippen LogP contribution in [0.2, 0.25) is 0 Å². The average molecular weight is 504 g/mol. The molecule has 9 heteroatoms. The zero-order valence-corrected chi connectivity index (χ0v) is 20.0. The molecule has 0 saturated heterocycles. The Morgan fingerprint density at radius 3 is 2.39 bits per heavy atom. The topological polar surface area (TPSA) is 105 Å². The number of hydrogen-bond donors (Lipinski definition) is 2. The van der Waals surface area contributed by atoms with Crippen LogP contribution in [-0.4, -0.2) is 35.2 Å². The largest absolute Gasteiger partial charge is 0.462 e. The number of esters is 1. The number of imide groups is 1. The predicted molar refractivity (Wildman–Crippen MR) is 135 cm³/mol. The van der Waals surface area contributed by atoms with E-state index in [1.165, 1.54) is 6.07 Å². The second-order valence-corrected chi connectivity index (χ2v) is 8.17. The third-order valence-electron chi connectivity index (χ3n) is 5.36. The minimum Gasteiger partial charge on any atom is -0.462 e. The van der Waals surface area contributed by atoms with Gasteiger partial charge in [0.05, 0.1) is 24.4 Å². The molecule has 3 aromatic rings. The van der Waals surface area contributed by atoms with Crippen molar-refractivity contribution >= 4 is 46.7 Å². The monoisotopic (exact) mass is 503 g/mol. The van der Waals surface area contributed by atoms with E-state index in [4.69, 9.17) is 16.3 Å².